The van der Waals surface area contributed by atoms with Crippen LogP contribution in [-0.2, 0) is 0 Å². The van der Waals surface area contributed by atoms with Gasteiger partial charge in [0.15, 0.2) is 0 Å². The first-order valence-corrected chi connectivity index (χ1v) is 7.67. The number of rotatable bonds is 3. The van der Waals surface area contributed by atoms with Crippen molar-refractivity contribution in [3.63, 3.8) is 0 Å². The van der Waals surface area contributed by atoms with Crippen LogP contribution in [0.5, 0.6) is 0 Å². The lowest BCUT2D eigenvalue weighted by molar-refractivity contribution is 0.102. The highest BCUT2D eigenvalue weighted by Gasteiger charge is 2.08. The van der Waals surface area contributed by atoms with Gasteiger partial charge in [-0.25, -0.2) is 0 Å². The Morgan fingerprint density at radius 2 is 1.61 bits per heavy atom. The van der Waals surface area contributed by atoms with Gasteiger partial charge in [-0.3, -0.25) is 9.78 Å². The second kappa shape index (κ2) is 6.82. The number of aromatic nitrogens is 1. The molecule has 2 aromatic carbocycles. The van der Waals surface area contributed by atoms with Gasteiger partial charge in [0.1, 0.15) is 0 Å². The van der Waals surface area contributed by atoms with Gasteiger partial charge >= 0.3 is 0 Å². The summed E-state index contributed by atoms with van der Waals surface area (Å²) in [7, 11) is 0. The Balaban J connectivity index is 1.78. The van der Waals surface area contributed by atoms with Crippen LogP contribution >= 0.6 is 23.2 Å². The molecule has 0 aliphatic rings. The Morgan fingerprint density at radius 1 is 0.913 bits per heavy atom. The molecule has 0 aliphatic carbocycles. The molecule has 1 N–H and O–H groups in total. The van der Waals surface area contributed by atoms with Crippen molar-refractivity contribution in [2.24, 2.45) is 0 Å². The average Bonchev–Trinajstić information content (AvgIpc) is 2.57. The van der Waals surface area contributed by atoms with Crippen molar-refractivity contribution in [3.05, 3.63) is 82.5 Å². The zero-order valence-corrected chi connectivity index (χ0v) is 13.5. The predicted octanol–water partition coefficient (Wildman–Crippen LogP) is 5.31. The van der Waals surface area contributed by atoms with Crippen LogP contribution in [0.3, 0.4) is 0 Å². The smallest absolute Gasteiger partial charge is 0.255 e. The van der Waals surface area contributed by atoms with E-state index in [1.54, 1.807) is 54.7 Å². The van der Waals surface area contributed by atoms with Gasteiger partial charge in [0.25, 0.3) is 5.91 Å². The molecule has 1 heterocycles. The average molecular weight is 343 g/mol. The molecule has 0 unspecified atom stereocenters. The summed E-state index contributed by atoms with van der Waals surface area (Å²) in [6.07, 6.45) is 1.68. The molecule has 1 amide bonds. The van der Waals surface area contributed by atoms with Gasteiger partial charge < -0.3 is 5.32 Å². The molecule has 0 saturated carbocycles. The minimum absolute atomic E-state index is 0.189. The molecule has 5 heteroatoms. The summed E-state index contributed by atoms with van der Waals surface area (Å²) in [5.74, 6) is -0.189. The van der Waals surface area contributed by atoms with E-state index in [4.69, 9.17) is 23.2 Å². The zero-order chi connectivity index (χ0) is 16.2. The fourth-order valence-electron chi connectivity index (χ4n) is 2.11. The summed E-state index contributed by atoms with van der Waals surface area (Å²) in [5.41, 5.74) is 2.80. The summed E-state index contributed by atoms with van der Waals surface area (Å²) < 4.78 is 0. The number of hydrogen-bond acceptors (Lipinski definition) is 2. The summed E-state index contributed by atoms with van der Waals surface area (Å²) >= 11 is 12.0. The predicted molar refractivity (Wildman–Crippen MR) is 94.1 cm³/mol. The van der Waals surface area contributed by atoms with Gasteiger partial charge in [0.05, 0.1) is 10.7 Å². The Bertz CT molecular complexity index is 830. The number of carbonyl (C=O) groups excluding carboxylic acids is 1. The number of carbonyl (C=O) groups is 1. The van der Waals surface area contributed by atoms with Crippen molar-refractivity contribution in [1.82, 2.24) is 4.98 Å². The molecule has 114 valence electrons. The van der Waals surface area contributed by atoms with Crippen LogP contribution in [0.1, 0.15) is 10.4 Å². The topological polar surface area (TPSA) is 42.0 Å². The fourth-order valence-corrected chi connectivity index (χ4v) is 2.47. The number of nitrogens with one attached hydrogen (secondary N) is 1. The highest BCUT2D eigenvalue weighted by Crippen LogP contribution is 2.25. The third-order valence-corrected chi connectivity index (χ3v) is 3.84. The number of benzene rings is 2. The first-order chi connectivity index (χ1) is 11.1. The first-order valence-electron chi connectivity index (χ1n) is 6.91. The SMILES string of the molecule is O=C(Nc1ccc(Cl)cc1)c1ccc(-c2ncccc2Cl)cc1. The number of nitrogens with zero attached hydrogens (tertiary/aromatic N) is 1. The number of hydrogen-bond donors (Lipinski definition) is 1. The summed E-state index contributed by atoms with van der Waals surface area (Å²) in [6.45, 7) is 0. The molecule has 0 aliphatic heterocycles. The van der Waals surface area contributed by atoms with Crippen LogP contribution in [-0.4, -0.2) is 10.9 Å². The molecule has 0 spiro atoms. The van der Waals surface area contributed by atoms with Crippen molar-refractivity contribution in [2.45, 2.75) is 0 Å². The third kappa shape index (κ3) is 3.70. The Hall–Kier alpha value is -2.36. The molecule has 0 atom stereocenters. The number of amides is 1. The van der Waals surface area contributed by atoms with Crippen LogP contribution in [0.15, 0.2) is 66.9 Å². The Labute approximate surface area is 143 Å². The van der Waals surface area contributed by atoms with Gasteiger partial charge in [-0.2, -0.15) is 0 Å². The second-order valence-electron chi connectivity index (χ2n) is 4.87. The maximum Gasteiger partial charge on any atom is 0.255 e. The van der Waals surface area contributed by atoms with E-state index >= 15 is 0 Å². The van der Waals surface area contributed by atoms with E-state index in [0.717, 1.165) is 5.56 Å². The van der Waals surface area contributed by atoms with Crippen LogP contribution in [0.25, 0.3) is 11.3 Å². The van der Waals surface area contributed by atoms with E-state index in [9.17, 15) is 4.79 Å². The first kappa shape index (κ1) is 15.5. The normalized spacial score (nSPS) is 10.3. The summed E-state index contributed by atoms with van der Waals surface area (Å²) in [4.78, 5) is 16.5. The lowest BCUT2D eigenvalue weighted by Gasteiger charge is -2.07. The van der Waals surface area contributed by atoms with E-state index in [2.05, 4.69) is 10.3 Å². The van der Waals surface area contributed by atoms with Crippen LogP contribution < -0.4 is 5.32 Å². The van der Waals surface area contributed by atoms with E-state index in [0.29, 0.717) is 27.0 Å². The van der Waals surface area contributed by atoms with E-state index in [1.807, 2.05) is 12.1 Å². The Morgan fingerprint density at radius 3 is 2.26 bits per heavy atom. The Kier molecular flexibility index (Phi) is 4.60. The maximum absolute atomic E-state index is 12.2. The molecular weight excluding hydrogens is 331 g/mol. The van der Waals surface area contributed by atoms with Crippen molar-refractivity contribution in [3.8, 4) is 11.3 Å². The standard InChI is InChI=1S/C18H12Cl2N2O/c19-14-7-9-15(10-8-14)22-18(23)13-5-3-12(4-6-13)17-16(20)2-1-11-21-17/h1-11H,(H,22,23). The summed E-state index contributed by atoms with van der Waals surface area (Å²) in [5, 5.41) is 4.02. The maximum atomic E-state index is 12.2. The second-order valence-corrected chi connectivity index (χ2v) is 5.72. The van der Waals surface area contributed by atoms with Crippen LogP contribution in [0.4, 0.5) is 5.69 Å². The monoisotopic (exact) mass is 342 g/mol. The molecule has 0 radical (unpaired) electrons. The molecule has 0 fully saturated rings. The van der Waals surface area contributed by atoms with Crippen molar-refractivity contribution in [2.75, 3.05) is 5.32 Å². The molecule has 0 bridgehead atoms. The fraction of sp³-hybridized carbons (Fsp3) is 0. The lowest BCUT2D eigenvalue weighted by Crippen LogP contribution is -2.11. The molecule has 3 aromatic rings. The molecule has 0 saturated heterocycles. The van der Waals surface area contributed by atoms with Crippen molar-refractivity contribution < 1.29 is 4.79 Å². The lowest BCUT2D eigenvalue weighted by atomic mass is 10.1. The highest BCUT2D eigenvalue weighted by atomic mass is 35.5. The minimum Gasteiger partial charge on any atom is -0.322 e. The van der Waals surface area contributed by atoms with E-state index in [1.165, 1.54) is 0 Å². The van der Waals surface area contributed by atoms with Gasteiger partial charge in [-0.1, -0.05) is 35.3 Å². The van der Waals surface area contributed by atoms with Crippen LogP contribution in [0, 0.1) is 0 Å². The molecular formula is C18H12Cl2N2O. The number of anilines is 1. The number of halogens is 2. The van der Waals surface area contributed by atoms with Gasteiger partial charge in [0.2, 0.25) is 0 Å². The largest absolute Gasteiger partial charge is 0.322 e. The highest BCUT2D eigenvalue weighted by molar-refractivity contribution is 6.33. The minimum atomic E-state index is -0.189. The van der Waals surface area contributed by atoms with E-state index < -0.39 is 0 Å². The van der Waals surface area contributed by atoms with Crippen LogP contribution in [0.2, 0.25) is 10.0 Å². The van der Waals surface area contributed by atoms with Crippen molar-refractivity contribution in [1.29, 1.82) is 0 Å². The van der Waals surface area contributed by atoms with Gasteiger partial charge in [-0.15, -0.1) is 0 Å². The van der Waals surface area contributed by atoms with Crippen molar-refractivity contribution >= 4 is 34.8 Å². The molecule has 3 nitrogen and oxygen atoms in total. The van der Waals surface area contributed by atoms with Gasteiger partial charge in [-0.05, 0) is 48.5 Å². The third-order valence-electron chi connectivity index (χ3n) is 3.28. The zero-order valence-electron chi connectivity index (χ0n) is 12.0. The number of pyridine rings is 1. The van der Waals surface area contributed by atoms with E-state index in [-0.39, 0.29) is 5.91 Å². The summed E-state index contributed by atoms with van der Waals surface area (Å²) in [6, 6.07) is 17.6. The molecule has 23 heavy (non-hydrogen) atoms. The van der Waals surface area contributed by atoms with Gasteiger partial charge in [0, 0.05) is 28.0 Å². The molecule has 1 aromatic heterocycles. The molecule has 3 rings (SSSR count). The quantitative estimate of drug-likeness (QED) is 0.700.